The standard InChI is InChI=1S/C34H33F2NO2S/c1-24(5-3-19-38-29-15-17-31(33(35)21-29)26-9-7-25(2)8-10-26)6-4-20-39-30-16-18-32(34(36)22-30)27-11-13-28(14-12-27)37-23-40/h7-18,21-22,24H,3-6,19-20H2,1-2H3. The molecule has 3 nitrogen and oxygen atoms in total. The normalized spacial score (nSPS) is 11.5. The first-order valence-electron chi connectivity index (χ1n) is 13.5. The zero-order chi connectivity index (χ0) is 28.3. The topological polar surface area (TPSA) is 30.8 Å². The number of thiocarbonyl (C=S) groups is 1. The Bertz CT molecular complexity index is 1450. The summed E-state index contributed by atoms with van der Waals surface area (Å²) in [5.74, 6) is 0.949. The minimum atomic E-state index is -0.332. The number of aryl methyl sites for hydroxylation is 1. The molecule has 4 rings (SSSR count). The molecule has 0 aliphatic carbocycles. The summed E-state index contributed by atoms with van der Waals surface area (Å²) in [5, 5.41) is 2.32. The number of hydrogen-bond donors (Lipinski definition) is 0. The van der Waals surface area contributed by atoms with Crippen LogP contribution in [0.15, 0.2) is 89.9 Å². The van der Waals surface area contributed by atoms with E-state index in [0.29, 0.717) is 47.4 Å². The summed E-state index contributed by atoms with van der Waals surface area (Å²) < 4.78 is 40.9. The maximum Gasteiger partial charge on any atom is 0.134 e. The van der Waals surface area contributed by atoms with Gasteiger partial charge in [-0.3, -0.25) is 0 Å². The van der Waals surface area contributed by atoms with Crippen LogP contribution < -0.4 is 9.47 Å². The lowest BCUT2D eigenvalue weighted by Crippen LogP contribution is -2.05. The Kier molecular flexibility index (Phi) is 10.6. The Balaban J connectivity index is 1.14. The van der Waals surface area contributed by atoms with Crippen molar-refractivity contribution in [2.75, 3.05) is 13.2 Å². The van der Waals surface area contributed by atoms with Crippen LogP contribution in [0.3, 0.4) is 0 Å². The molecule has 0 aliphatic rings. The number of isothiocyanates is 1. The second kappa shape index (κ2) is 14.5. The molecule has 1 unspecified atom stereocenters. The summed E-state index contributed by atoms with van der Waals surface area (Å²) >= 11 is 4.61. The molecule has 0 fully saturated rings. The van der Waals surface area contributed by atoms with Crippen molar-refractivity contribution >= 4 is 23.1 Å². The summed E-state index contributed by atoms with van der Waals surface area (Å²) in [4.78, 5) is 3.91. The van der Waals surface area contributed by atoms with E-state index < -0.39 is 0 Å². The van der Waals surface area contributed by atoms with Crippen molar-refractivity contribution in [3.63, 3.8) is 0 Å². The first-order chi connectivity index (χ1) is 19.4. The lowest BCUT2D eigenvalue weighted by Gasteiger charge is -2.13. The molecule has 0 N–H and O–H groups in total. The molecule has 6 heteroatoms. The SMILES string of the molecule is Cc1ccc(-c2ccc(OCCCC(C)CCCOc3ccc(-c4ccc(N=C=S)cc4)c(F)c3)cc2F)cc1. The van der Waals surface area contributed by atoms with Crippen molar-refractivity contribution in [2.24, 2.45) is 10.9 Å². The van der Waals surface area contributed by atoms with Crippen molar-refractivity contribution < 1.29 is 18.3 Å². The van der Waals surface area contributed by atoms with Crippen molar-refractivity contribution in [3.8, 4) is 33.8 Å². The third kappa shape index (κ3) is 8.32. The number of ether oxygens (including phenoxy) is 2. The fraction of sp³-hybridized carbons (Fsp3) is 0.265. The van der Waals surface area contributed by atoms with Crippen molar-refractivity contribution in [1.82, 2.24) is 0 Å². The Morgan fingerprint density at radius 1 is 0.725 bits per heavy atom. The Morgan fingerprint density at radius 2 is 1.20 bits per heavy atom. The fourth-order valence-electron chi connectivity index (χ4n) is 4.53. The van der Waals surface area contributed by atoms with Gasteiger partial charge in [0.15, 0.2) is 0 Å². The number of halogens is 2. The van der Waals surface area contributed by atoms with E-state index in [1.807, 2.05) is 37.3 Å². The van der Waals surface area contributed by atoms with Crippen LogP contribution in [0, 0.1) is 24.5 Å². The van der Waals surface area contributed by atoms with Gasteiger partial charge in [-0.05, 0) is 98.3 Å². The van der Waals surface area contributed by atoms with Gasteiger partial charge in [-0.25, -0.2) is 8.78 Å². The number of hydrogen-bond acceptors (Lipinski definition) is 4. The van der Waals surface area contributed by atoms with Crippen molar-refractivity contribution in [1.29, 1.82) is 0 Å². The van der Waals surface area contributed by atoms with Crippen LogP contribution in [0.4, 0.5) is 14.5 Å². The molecule has 0 heterocycles. The number of aliphatic imine (C=N–C) groups is 1. The molecular formula is C34H33F2NO2S. The van der Waals surface area contributed by atoms with Gasteiger partial charge in [0.1, 0.15) is 23.1 Å². The van der Waals surface area contributed by atoms with Gasteiger partial charge >= 0.3 is 0 Å². The minimum absolute atomic E-state index is 0.281. The molecule has 0 aromatic heterocycles. The molecule has 0 bridgehead atoms. The zero-order valence-electron chi connectivity index (χ0n) is 22.8. The van der Waals surface area contributed by atoms with Crippen LogP contribution in [0.25, 0.3) is 22.3 Å². The summed E-state index contributed by atoms with van der Waals surface area (Å²) in [5.41, 5.74) is 4.52. The van der Waals surface area contributed by atoms with Gasteiger partial charge in [0.2, 0.25) is 0 Å². The molecule has 206 valence electrons. The van der Waals surface area contributed by atoms with Crippen LogP contribution in [0.1, 0.15) is 38.2 Å². The summed E-state index contributed by atoms with van der Waals surface area (Å²) in [6.45, 7) is 5.28. The highest BCUT2D eigenvalue weighted by Gasteiger charge is 2.09. The maximum atomic E-state index is 14.7. The Morgan fingerprint density at radius 3 is 1.65 bits per heavy atom. The van der Waals surface area contributed by atoms with E-state index in [9.17, 15) is 8.78 Å². The summed E-state index contributed by atoms with van der Waals surface area (Å²) in [6.07, 6.45) is 3.76. The van der Waals surface area contributed by atoms with Crippen LogP contribution in [-0.4, -0.2) is 18.4 Å². The first-order valence-corrected chi connectivity index (χ1v) is 13.9. The second-order valence-electron chi connectivity index (χ2n) is 9.99. The monoisotopic (exact) mass is 557 g/mol. The highest BCUT2D eigenvalue weighted by molar-refractivity contribution is 7.78. The van der Waals surface area contributed by atoms with Crippen molar-refractivity contribution in [2.45, 2.75) is 39.5 Å². The fourth-order valence-corrected chi connectivity index (χ4v) is 4.63. The molecular weight excluding hydrogens is 524 g/mol. The Labute approximate surface area is 240 Å². The van der Waals surface area contributed by atoms with Crippen LogP contribution in [-0.2, 0) is 0 Å². The van der Waals surface area contributed by atoms with Gasteiger partial charge in [-0.15, -0.1) is 0 Å². The molecule has 40 heavy (non-hydrogen) atoms. The lowest BCUT2D eigenvalue weighted by atomic mass is 10.0. The van der Waals surface area contributed by atoms with Gasteiger partial charge in [-0.1, -0.05) is 48.9 Å². The van der Waals surface area contributed by atoms with E-state index in [2.05, 4.69) is 29.3 Å². The van der Waals surface area contributed by atoms with Gasteiger partial charge in [0.05, 0.1) is 24.1 Å². The molecule has 0 spiro atoms. The number of nitrogens with zero attached hydrogens (tertiary/aromatic N) is 1. The third-order valence-electron chi connectivity index (χ3n) is 6.82. The van der Waals surface area contributed by atoms with Gasteiger partial charge in [0, 0.05) is 23.3 Å². The first kappa shape index (κ1) is 29.1. The smallest absolute Gasteiger partial charge is 0.134 e. The molecule has 0 aliphatic heterocycles. The van der Waals surface area contributed by atoms with E-state index in [4.69, 9.17) is 9.47 Å². The molecule has 0 saturated carbocycles. The highest BCUT2D eigenvalue weighted by Crippen LogP contribution is 2.29. The molecule has 1 atom stereocenters. The van der Waals surface area contributed by atoms with Crippen LogP contribution in [0.5, 0.6) is 11.5 Å². The van der Waals surface area contributed by atoms with E-state index in [1.54, 1.807) is 42.5 Å². The molecule has 0 saturated heterocycles. The van der Waals surface area contributed by atoms with E-state index in [1.165, 1.54) is 12.1 Å². The van der Waals surface area contributed by atoms with E-state index in [0.717, 1.165) is 42.4 Å². The van der Waals surface area contributed by atoms with Crippen LogP contribution >= 0.6 is 12.2 Å². The zero-order valence-corrected chi connectivity index (χ0v) is 23.6. The van der Waals surface area contributed by atoms with Crippen molar-refractivity contribution in [3.05, 3.63) is 102 Å². The average molecular weight is 558 g/mol. The largest absolute Gasteiger partial charge is 0.493 e. The van der Waals surface area contributed by atoms with Gasteiger partial charge < -0.3 is 9.47 Å². The Hall–Kier alpha value is -3.86. The minimum Gasteiger partial charge on any atom is -0.493 e. The maximum absolute atomic E-state index is 14.7. The second-order valence-corrected chi connectivity index (χ2v) is 10.2. The number of benzene rings is 4. The third-order valence-corrected chi connectivity index (χ3v) is 6.91. The molecule has 0 radical (unpaired) electrons. The van der Waals surface area contributed by atoms with E-state index >= 15 is 0 Å². The lowest BCUT2D eigenvalue weighted by molar-refractivity contribution is 0.273. The molecule has 0 amide bonds. The predicted octanol–water partition coefficient (Wildman–Crippen LogP) is 10.00. The number of rotatable bonds is 13. The predicted molar refractivity (Wildman–Crippen MR) is 162 cm³/mol. The molecule has 4 aromatic rings. The summed E-state index contributed by atoms with van der Waals surface area (Å²) in [7, 11) is 0. The van der Waals surface area contributed by atoms with E-state index in [-0.39, 0.29) is 11.6 Å². The van der Waals surface area contributed by atoms with Crippen LogP contribution in [0.2, 0.25) is 0 Å². The summed E-state index contributed by atoms with van der Waals surface area (Å²) in [6, 6.07) is 25.0. The molecule has 4 aromatic carbocycles. The quantitative estimate of drug-likeness (QED) is 0.0931. The van der Waals surface area contributed by atoms with Gasteiger partial charge in [-0.2, -0.15) is 4.99 Å². The van der Waals surface area contributed by atoms with Gasteiger partial charge in [0.25, 0.3) is 0 Å². The average Bonchev–Trinajstić information content (AvgIpc) is 2.95. The highest BCUT2D eigenvalue weighted by atomic mass is 32.1.